The fourth-order valence-corrected chi connectivity index (χ4v) is 2.43. The summed E-state index contributed by atoms with van der Waals surface area (Å²) in [6.07, 6.45) is -0.493. The lowest BCUT2D eigenvalue weighted by Crippen LogP contribution is -2.45. The molecule has 1 aromatic carbocycles. The number of hydrogen-bond acceptors (Lipinski definition) is 3. The first-order valence-corrected chi connectivity index (χ1v) is 7.21. The normalized spacial score (nSPS) is 10.9. The van der Waals surface area contributed by atoms with Gasteiger partial charge in [0.15, 0.2) is 0 Å². The smallest absolute Gasteiger partial charge is 0.412 e. The lowest BCUT2D eigenvalue weighted by atomic mass is 10.0. The van der Waals surface area contributed by atoms with Crippen molar-refractivity contribution in [1.82, 2.24) is 0 Å². The third kappa shape index (κ3) is 4.22. The van der Waals surface area contributed by atoms with E-state index in [1.165, 1.54) is 13.0 Å². The maximum absolute atomic E-state index is 11.6. The average molecular weight is 323 g/mol. The summed E-state index contributed by atoms with van der Waals surface area (Å²) in [4.78, 5) is 23.9. The number of carbonyl (C=O) groups excluding carboxylic acids is 1. The maximum Gasteiger partial charge on any atom is 0.412 e. The number of anilines is 1. The van der Waals surface area contributed by atoms with Crippen LogP contribution in [0.15, 0.2) is 12.1 Å². The number of carbonyl (C=O) groups is 2. The maximum atomic E-state index is 11.6. The van der Waals surface area contributed by atoms with Gasteiger partial charge in [-0.25, -0.2) is 4.79 Å². The molecule has 0 saturated carbocycles. The van der Waals surface area contributed by atoms with E-state index in [0.717, 1.165) is 4.90 Å². The number of rotatable bonds is 4. The summed E-state index contributed by atoms with van der Waals surface area (Å²) in [5, 5.41) is 18.9. The second kappa shape index (κ2) is 6.80. The molecule has 0 unspecified atom stereocenters. The SMILES string of the molecule is CC(=O)CCc1cc(C#N)cc(N(C(=O)O)C(C)(C)C)c1Cl. The van der Waals surface area contributed by atoms with E-state index in [-0.39, 0.29) is 22.9 Å². The summed E-state index contributed by atoms with van der Waals surface area (Å²) in [5.41, 5.74) is 0.454. The summed E-state index contributed by atoms with van der Waals surface area (Å²) in [7, 11) is 0. The van der Waals surface area contributed by atoms with E-state index < -0.39 is 11.6 Å². The highest BCUT2D eigenvalue weighted by Crippen LogP contribution is 2.35. The number of aryl methyl sites for hydroxylation is 1. The first-order valence-electron chi connectivity index (χ1n) is 6.83. The molecule has 0 aliphatic rings. The van der Waals surface area contributed by atoms with Crippen molar-refractivity contribution < 1.29 is 14.7 Å². The molecule has 0 atom stereocenters. The Morgan fingerprint density at radius 2 is 1.95 bits per heavy atom. The van der Waals surface area contributed by atoms with Gasteiger partial charge in [-0.15, -0.1) is 0 Å². The van der Waals surface area contributed by atoms with E-state index >= 15 is 0 Å². The van der Waals surface area contributed by atoms with Crippen molar-refractivity contribution in [2.45, 2.75) is 46.1 Å². The van der Waals surface area contributed by atoms with Gasteiger partial charge in [-0.1, -0.05) is 11.6 Å². The predicted octanol–water partition coefficient (Wildman–Crippen LogP) is 4.02. The molecule has 1 aromatic rings. The fourth-order valence-electron chi connectivity index (χ4n) is 2.14. The number of Topliss-reactive ketones (excluding diaryl/α,β-unsaturated/α-hetero) is 1. The van der Waals surface area contributed by atoms with Gasteiger partial charge in [-0.05, 0) is 51.8 Å². The van der Waals surface area contributed by atoms with Gasteiger partial charge in [0.1, 0.15) is 5.78 Å². The minimum absolute atomic E-state index is 0.00545. The number of nitrogens with zero attached hydrogens (tertiary/aromatic N) is 2. The first-order chi connectivity index (χ1) is 10.1. The zero-order chi connectivity index (χ0) is 17.1. The Morgan fingerprint density at radius 3 is 2.36 bits per heavy atom. The molecule has 22 heavy (non-hydrogen) atoms. The predicted molar refractivity (Wildman–Crippen MR) is 85.4 cm³/mol. The van der Waals surface area contributed by atoms with Crippen molar-refractivity contribution >= 4 is 29.2 Å². The van der Waals surface area contributed by atoms with Gasteiger partial charge in [0.2, 0.25) is 0 Å². The third-order valence-corrected chi connectivity index (χ3v) is 3.54. The average Bonchev–Trinajstić information content (AvgIpc) is 2.37. The molecule has 0 bridgehead atoms. The Hall–Kier alpha value is -2.06. The molecule has 1 amide bonds. The number of benzene rings is 1. The number of nitriles is 1. The third-order valence-electron chi connectivity index (χ3n) is 3.11. The molecule has 118 valence electrons. The number of amides is 1. The molecule has 0 spiro atoms. The van der Waals surface area contributed by atoms with Crippen LogP contribution in [-0.4, -0.2) is 22.5 Å². The van der Waals surface area contributed by atoms with Crippen molar-refractivity contribution in [2.75, 3.05) is 4.90 Å². The molecule has 6 heteroatoms. The molecule has 1 rings (SSSR count). The molecule has 0 heterocycles. The van der Waals surface area contributed by atoms with Crippen LogP contribution in [0, 0.1) is 11.3 Å². The highest BCUT2D eigenvalue weighted by molar-refractivity contribution is 6.34. The molecule has 0 aliphatic carbocycles. The molecule has 1 N–H and O–H groups in total. The Morgan fingerprint density at radius 1 is 1.36 bits per heavy atom. The van der Waals surface area contributed by atoms with E-state index in [2.05, 4.69) is 0 Å². The number of halogens is 1. The summed E-state index contributed by atoms with van der Waals surface area (Å²) in [6, 6.07) is 5.06. The molecular weight excluding hydrogens is 304 g/mol. The molecular formula is C16H19ClN2O3. The molecule has 0 saturated heterocycles. The lowest BCUT2D eigenvalue weighted by Gasteiger charge is -2.34. The van der Waals surface area contributed by atoms with Crippen molar-refractivity contribution in [3.8, 4) is 6.07 Å². The Kier molecular flexibility index (Phi) is 5.56. The Labute approximate surface area is 135 Å². The first kappa shape index (κ1) is 18.0. The van der Waals surface area contributed by atoms with E-state index in [1.807, 2.05) is 6.07 Å². The van der Waals surface area contributed by atoms with Crippen LogP contribution in [0.4, 0.5) is 10.5 Å². The highest BCUT2D eigenvalue weighted by Gasteiger charge is 2.30. The van der Waals surface area contributed by atoms with Crippen LogP contribution in [0.25, 0.3) is 0 Å². The number of hydrogen-bond donors (Lipinski definition) is 1. The van der Waals surface area contributed by atoms with Gasteiger partial charge < -0.3 is 9.90 Å². The second-order valence-corrected chi connectivity index (χ2v) is 6.45. The monoisotopic (exact) mass is 322 g/mol. The highest BCUT2D eigenvalue weighted by atomic mass is 35.5. The van der Waals surface area contributed by atoms with E-state index in [4.69, 9.17) is 16.9 Å². The molecule has 0 fully saturated rings. The van der Waals surface area contributed by atoms with Crippen molar-refractivity contribution in [2.24, 2.45) is 0 Å². The van der Waals surface area contributed by atoms with Gasteiger partial charge in [0.05, 0.1) is 22.3 Å². The molecule has 0 aliphatic heterocycles. The van der Waals surface area contributed by atoms with E-state index in [1.54, 1.807) is 26.8 Å². The van der Waals surface area contributed by atoms with Crippen LogP contribution < -0.4 is 4.90 Å². The lowest BCUT2D eigenvalue weighted by molar-refractivity contribution is -0.116. The summed E-state index contributed by atoms with van der Waals surface area (Å²) < 4.78 is 0. The van der Waals surface area contributed by atoms with Crippen LogP contribution in [0.5, 0.6) is 0 Å². The Bertz CT molecular complexity index is 642. The zero-order valence-corrected chi connectivity index (χ0v) is 13.9. The largest absolute Gasteiger partial charge is 0.465 e. The van der Waals surface area contributed by atoms with Gasteiger partial charge in [0.25, 0.3) is 0 Å². The van der Waals surface area contributed by atoms with Crippen molar-refractivity contribution in [3.63, 3.8) is 0 Å². The van der Waals surface area contributed by atoms with Gasteiger partial charge in [-0.2, -0.15) is 5.26 Å². The van der Waals surface area contributed by atoms with Crippen LogP contribution in [0.1, 0.15) is 45.2 Å². The van der Waals surface area contributed by atoms with E-state index in [0.29, 0.717) is 17.5 Å². The van der Waals surface area contributed by atoms with Crippen LogP contribution in [-0.2, 0) is 11.2 Å². The van der Waals surface area contributed by atoms with Crippen LogP contribution in [0.3, 0.4) is 0 Å². The van der Waals surface area contributed by atoms with Gasteiger partial charge in [0, 0.05) is 12.0 Å². The molecule has 0 aromatic heterocycles. The second-order valence-electron chi connectivity index (χ2n) is 6.07. The quantitative estimate of drug-likeness (QED) is 0.907. The summed E-state index contributed by atoms with van der Waals surface area (Å²) >= 11 is 6.34. The van der Waals surface area contributed by atoms with Crippen molar-refractivity contribution in [3.05, 3.63) is 28.3 Å². The van der Waals surface area contributed by atoms with Crippen LogP contribution >= 0.6 is 11.6 Å². The topological polar surface area (TPSA) is 81.4 Å². The summed E-state index contributed by atoms with van der Waals surface area (Å²) in [5.74, 6) is 0.00545. The van der Waals surface area contributed by atoms with E-state index in [9.17, 15) is 14.7 Å². The minimum atomic E-state index is -1.15. The Balaban J connectivity index is 3.46. The van der Waals surface area contributed by atoms with Gasteiger partial charge >= 0.3 is 6.09 Å². The van der Waals surface area contributed by atoms with Crippen molar-refractivity contribution in [1.29, 1.82) is 5.26 Å². The number of ketones is 1. The number of carboxylic acid groups (broad SMARTS) is 1. The minimum Gasteiger partial charge on any atom is -0.465 e. The van der Waals surface area contributed by atoms with Gasteiger partial charge in [-0.3, -0.25) is 4.90 Å². The van der Waals surface area contributed by atoms with Crippen LogP contribution in [0.2, 0.25) is 5.02 Å². The summed E-state index contributed by atoms with van der Waals surface area (Å²) in [6.45, 7) is 6.70. The fraction of sp³-hybridized carbons (Fsp3) is 0.438. The standard InChI is InChI=1S/C16H19ClN2O3/c1-10(20)5-6-12-7-11(9-18)8-13(14(12)17)19(15(21)22)16(2,3)4/h7-8H,5-6H2,1-4H3,(H,21,22). The molecule has 5 nitrogen and oxygen atoms in total. The molecule has 0 radical (unpaired) electrons. The zero-order valence-electron chi connectivity index (χ0n) is 13.1.